The van der Waals surface area contributed by atoms with E-state index in [0.29, 0.717) is 11.5 Å². The van der Waals surface area contributed by atoms with Gasteiger partial charge in [-0.2, -0.15) is 0 Å². The standard InChI is InChI=1S/C13H12FN3O2/c1-17(10-4-2-9(14)3-5-10)12-11(15)6-8(7-16-12)13(18)19/h2-7H,15H2,1H3,(H,18,19). The Labute approximate surface area is 109 Å². The molecule has 19 heavy (non-hydrogen) atoms. The number of nitrogens with zero attached hydrogens (tertiary/aromatic N) is 2. The van der Waals surface area contributed by atoms with E-state index in [1.807, 2.05) is 0 Å². The van der Waals surface area contributed by atoms with Crippen molar-refractivity contribution in [3.05, 3.63) is 47.9 Å². The summed E-state index contributed by atoms with van der Waals surface area (Å²) in [6, 6.07) is 7.16. The SMILES string of the molecule is CN(c1ccc(F)cc1)c1ncc(C(=O)O)cc1N. The van der Waals surface area contributed by atoms with E-state index >= 15 is 0 Å². The van der Waals surface area contributed by atoms with Gasteiger partial charge in [0.1, 0.15) is 5.82 Å². The molecule has 0 aliphatic heterocycles. The van der Waals surface area contributed by atoms with E-state index in [4.69, 9.17) is 10.8 Å². The van der Waals surface area contributed by atoms with Gasteiger partial charge in [0.2, 0.25) is 0 Å². The molecule has 1 aromatic carbocycles. The van der Waals surface area contributed by atoms with E-state index in [1.54, 1.807) is 24.1 Å². The average Bonchev–Trinajstić information content (AvgIpc) is 2.38. The van der Waals surface area contributed by atoms with Gasteiger partial charge in [-0.3, -0.25) is 0 Å². The second-order valence-electron chi connectivity index (χ2n) is 3.98. The highest BCUT2D eigenvalue weighted by Crippen LogP contribution is 2.27. The number of hydrogen-bond donors (Lipinski definition) is 2. The van der Waals surface area contributed by atoms with Crippen LogP contribution in [-0.2, 0) is 0 Å². The predicted molar refractivity (Wildman–Crippen MR) is 70.1 cm³/mol. The summed E-state index contributed by atoms with van der Waals surface area (Å²) in [7, 11) is 1.71. The van der Waals surface area contributed by atoms with E-state index in [2.05, 4.69) is 4.98 Å². The number of nitrogen functional groups attached to an aromatic ring is 1. The van der Waals surface area contributed by atoms with Crippen LogP contribution in [0.1, 0.15) is 10.4 Å². The summed E-state index contributed by atoms with van der Waals surface area (Å²) in [5.41, 5.74) is 6.75. The molecule has 1 heterocycles. The Hall–Kier alpha value is -2.63. The minimum atomic E-state index is -1.09. The molecule has 0 unspecified atom stereocenters. The maximum absolute atomic E-state index is 12.8. The molecule has 0 atom stereocenters. The Balaban J connectivity index is 2.36. The Morgan fingerprint density at radius 1 is 1.37 bits per heavy atom. The zero-order valence-electron chi connectivity index (χ0n) is 10.2. The largest absolute Gasteiger partial charge is 0.478 e. The number of benzene rings is 1. The molecule has 0 radical (unpaired) electrons. The molecule has 0 spiro atoms. The molecule has 6 heteroatoms. The summed E-state index contributed by atoms with van der Waals surface area (Å²) < 4.78 is 12.8. The topological polar surface area (TPSA) is 79.5 Å². The molecular weight excluding hydrogens is 249 g/mol. The van der Waals surface area contributed by atoms with E-state index < -0.39 is 5.97 Å². The fraction of sp³-hybridized carbons (Fsp3) is 0.0769. The van der Waals surface area contributed by atoms with Crippen LogP contribution in [0.25, 0.3) is 0 Å². The number of anilines is 3. The third kappa shape index (κ3) is 2.62. The van der Waals surface area contributed by atoms with Crippen molar-refractivity contribution < 1.29 is 14.3 Å². The minimum absolute atomic E-state index is 0.0220. The van der Waals surface area contributed by atoms with Gasteiger partial charge in [-0.25, -0.2) is 14.2 Å². The second-order valence-corrected chi connectivity index (χ2v) is 3.98. The van der Waals surface area contributed by atoms with Crippen LogP contribution < -0.4 is 10.6 Å². The molecule has 3 N–H and O–H groups in total. The monoisotopic (exact) mass is 261 g/mol. The molecule has 0 aliphatic rings. The van der Waals surface area contributed by atoms with Gasteiger partial charge in [-0.15, -0.1) is 0 Å². The number of nitrogens with two attached hydrogens (primary N) is 1. The number of aromatic carboxylic acids is 1. The summed E-state index contributed by atoms with van der Waals surface area (Å²) in [5, 5.41) is 8.84. The number of carboxylic acid groups (broad SMARTS) is 1. The van der Waals surface area contributed by atoms with Gasteiger partial charge in [0, 0.05) is 18.9 Å². The summed E-state index contributed by atoms with van der Waals surface area (Å²) in [6.45, 7) is 0. The average molecular weight is 261 g/mol. The van der Waals surface area contributed by atoms with Crippen molar-refractivity contribution in [1.82, 2.24) is 4.98 Å². The van der Waals surface area contributed by atoms with Gasteiger partial charge in [-0.1, -0.05) is 0 Å². The van der Waals surface area contributed by atoms with Crippen LogP contribution >= 0.6 is 0 Å². The highest BCUT2D eigenvalue weighted by Gasteiger charge is 2.12. The zero-order valence-corrected chi connectivity index (χ0v) is 10.2. The molecule has 2 rings (SSSR count). The van der Waals surface area contributed by atoms with Crippen LogP contribution in [-0.4, -0.2) is 23.1 Å². The molecule has 0 amide bonds. The molecule has 5 nitrogen and oxygen atoms in total. The fourth-order valence-electron chi connectivity index (χ4n) is 1.66. The summed E-state index contributed by atoms with van der Waals surface area (Å²) >= 11 is 0. The first-order valence-corrected chi connectivity index (χ1v) is 5.47. The van der Waals surface area contributed by atoms with Crippen LogP contribution in [0.2, 0.25) is 0 Å². The van der Waals surface area contributed by atoms with Crippen LogP contribution in [0.5, 0.6) is 0 Å². The lowest BCUT2D eigenvalue weighted by Crippen LogP contribution is -2.14. The van der Waals surface area contributed by atoms with Crippen molar-refractivity contribution in [1.29, 1.82) is 0 Å². The number of pyridine rings is 1. The highest BCUT2D eigenvalue weighted by atomic mass is 19.1. The number of carbonyl (C=O) groups is 1. The van der Waals surface area contributed by atoms with Crippen molar-refractivity contribution in [2.45, 2.75) is 0 Å². The number of rotatable bonds is 3. The Kier molecular flexibility index (Phi) is 3.33. The lowest BCUT2D eigenvalue weighted by atomic mass is 10.2. The molecule has 2 aromatic rings. The van der Waals surface area contributed by atoms with Crippen LogP contribution in [0.3, 0.4) is 0 Å². The highest BCUT2D eigenvalue weighted by molar-refractivity contribution is 5.89. The number of halogens is 1. The van der Waals surface area contributed by atoms with Crippen LogP contribution in [0.15, 0.2) is 36.5 Å². The van der Waals surface area contributed by atoms with E-state index in [-0.39, 0.29) is 17.1 Å². The van der Waals surface area contributed by atoms with Gasteiger partial charge in [0.15, 0.2) is 5.82 Å². The summed E-state index contributed by atoms with van der Waals surface area (Å²) in [6.07, 6.45) is 1.23. The van der Waals surface area contributed by atoms with Gasteiger partial charge in [0.25, 0.3) is 0 Å². The van der Waals surface area contributed by atoms with Crippen molar-refractivity contribution >= 4 is 23.2 Å². The first kappa shape index (κ1) is 12.8. The molecule has 98 valence electrons. The van der Waals surface area contributed by atoms with Crippen molar-refractivity contribution in [2.75, 3.05) is 17.7 Å². The molecule has 1 aromatic heterocycles. The molecule has 0 bridgehead atoms. The lowest BCUT2D eigenvalue weighted by molar-refractivity contribution is 0.0696. The smallest absolute Gasteiger partial charge is 0.337 e. The van der Waals surface area contributed by atoms with Crippen LogP contribution in [0.4, 0.5) is 21.6 Å². The number of aromatic nitrogens is 1. The first-order valence-electron chi connectivity index (χ1n) is 5.47. The Morgan fingerprint density at radius 2 is 2.00 bits per heavy atom. The summed E-state index contributed by atoms with van der Waals surface area (Å²) in [4.78, 5) is 16.5. The molecule has 0 saturated heterocycles. The zero-order chi connectivity index (χ0) is 14.0. The second kappa shape index (κ2) is 4.93. The Bertz CT molecular complexity index is 614. The van der Waals surface area contributed by atoms with Gasteiger partial charge in [-0.05, 0) is 30.3 Å². The maximum atomic E-state index is 12.8. The van der Waals surface area contributed by atoms with E-state index in [0.717, 1.165) is 0 Å². The molecule has 0 saturated carbocycles. The summed E-state index contributed by atoms with van der Waals surface area (Å²) in [5.74, 6) is -1.01. The Morgan fingerprint density at radius 3 is 2.53 bits per heavy atom. The normalized spacial score (nSPS) is 10.2. The van der Waals surface area contributed by atoms with Gasteiger partial charge >= 0.3 is 5.97 Å². The van der Waals surface area contributed by atoms with E-state index in [9.17, 15) is 9.18 Å². The third-order valence-electron chi connectivity index (χ3n) is 2.67. The number of hydrogen-bond acceptors (Lipinski definition) is 4. The van der Waals surface area contributed by atoms with Gasteiger partial charge < -0.3 is 15.7 Å². The third-order valence-corrected chi connectivity index (χ3v) is 2.67. The predicted octanol–water partition coefficient (Wildman–Crippen LogP) is 2.27. The van der Waals surface area contributed by atoms with Crippen molar-refractivity contribution in [3.63, 3.8) is 0 Å². The van der Waals surface area contributed by atoms with Crippen LogP contribution in [0, 0.1) is 5.82 Å². The fourth-order valence-corrected chi connectivity index (χ4v) is 1.66. The first-order chi connectivity index (χ1) is 8.99. The minimum Gasteiger partial charge on any atom is -0.478 e. The molecular formula is C13H12FN3O2. The van der Waals surface area contributed by atoms with Gasteiger partial charge in [0.05, 0.1) is 11.3 Å². The molecule has 0 fully saturated rings. The van der Waals surface area contributed by atoms with Crippen molar-refractivity contribution in [2.24, 2.45) is 0 Å². The number of carboxylic acids is 1. The maximum Gasteiger partial charge on any atom is 0.337 e. The van der Waals surface area contributed by atoms with Crippen molar-refractivity contribution in [3.8, 4) is 0 Å². The quantitative estimate of drug-likeness (QED) is 0.886. The molecule has 0 aliphatic carbocycles. The lowest BCUT2D eigenvalue weighted by Gasteiger charge is -2.20. The van der Waals surface area contributed by atoms with E-state index in [1.165, 1.54) is 24.4 Å².